The van der Waals surface area contributed by atoms with Gasteiger partial charge < -0.3 is 10.4 Å². The Morgan fingerprint density at radius 2 is 1.67 bits per heavy atom. The minimum absolute atomic E-state index is 0.0350. The molecule has 74 valence electrons. The lowest BCUT2D eigenvalue weighted by Crippen LogP contribution is -2.44. The van der Waals surface area contributed by atoms with Gasteiger partial charge in [0.2, 0.25) is 0 Å². The van der Waals surface area contributed by atoms with Gasteiger partial charge in [-0.3, -0.25) is 0 Å². The van der Waals surface area contributed by atoms with E-state index in [0.717, 1.165) is 13.0 Å². The Morgan fingerprint density at radius 1 is 1.17 bits per heavy atom. The van der Waals surface area contributed by atoms with Gasteiger partial charge in [-0.15, -0.1) is 0 Å². The van der Waals surface area contributed by atoms with Crippen LogP contribution in [-0.4, -0.2) is 23.8 Å². The van der Waals surface area contributed by atoms with Gasteiger partial charge in [-0.2, -0.15) is 0 Å². The topological polar surface area (TPSA) is 32.3 Å². The van der Waals surface area contributed by atoms with Crippen molar-refractivity contribution in [3.8, 4) is 0 Å². The summed E-state index contributed by atoms with van der Waals surface area (Å²) in [5.74, 6) is 0. The van der Waals surface area contributed by atoms with Crippen molar-refractivity contribution >= 4 is 0 Å². The molecule has 0 heterocycles. The minimum atomic E-state index is 0.0350. The van der Waals surface area contributed by atoms with Crippen molar-refractivity contribution in [2.75, 3.05) is 13.2 Å². The molecule has 2 N–H and O–H groups in total. The van der Waals surface area contributed by atoms with Crippen LogP contribution in [0.1, 0.15) is 41.0 Å². The Bertz CT molecular complexity index is 122. The van der Waals surface area contributed by atoms with Crippen LogP contribution >= 0.6 is 0 Å². The Kier molecular flexibility index (Phi) is 4.21. The van der Waals surface area contributed by atoms with Gasteiger partial charge in [0.15, 0.2) is 0 Å². The third kappa shape index (κ3) is 4.73. The van der Waals surface area contributed by atoms with Crippen LogP contribution in [0.4, 0.5) is 0 Å². The van der Waals surface area contributed by atoms with E-state index in [1.165, 1.54) is 0 Å². The van der Waals surface area contributed by atoms with E-state index in [2.05, 4.69) is 39.9 Å². The normalized spacial score (nSPS) is 17.5. The Labute approximate surface area is 76.4 Å². The zero-order valence-corrected chi connectivity index (χ0v) is 9.07. The minimum Gasteiger partial charge on any atom is -0.396 e. The van der Waals surface area contributed by atoms with Gasteiger partial charge in [-0.05, 0) is 27.2 Å². The smallest absolute Gasteiger partial charge is 0.0496 e. The summed E-state index contributed by atoms with van der Waals surface area (Å²) in [4.78, 5) is 0. The monoisotopic (exact) mass is 173 g/mol. The Hall–Kier alpha value is -0.0800. The van der Waals surface area contributed by atoms with Crippen LogP contribution in [-0.2, 0) is 0 Å². The van der Waals surface area contributed by atoms with Crippen LogP contribution in [0.5, 0.6) is 0 Å². The molecule has 2 heteroatoms. The average Bonchev–Trinajstić information content (AvgIpc) is 1.99. The molecule has 0 fully saturated rings. The predicted molar refractivity (Wildman–Crippen MR) is 53.2 cm³/mol. The van der Waals surface area contributed by atoms with Gasteiger partial charge in [0, 0.05) is 24.1 Å². The number of nitrogens with one attached hydrogen (secondary N) is 1. The van der Waals surface area contributed by atoms with Crippen molar-refractivity contribution < 1.29 is 5.11 Å². The summed E-state index contributed by atoms with van der Waals surface area (Å²) in [6.07, 6.45) is 1.01. The number of aliphatic hydroxyl groups is 1. The summed E-state index contributed by atoms with van der Waals surface area (Å²) in [6.45, 7) is 11.8. The number of hydrogen-bond donors (Lipinski definition) is 2. The molecule has 2 nitrogen and oxygen atoms in total. The van der Waals surface area contributed by atoms with E-state index < -0.39 is 0 Å². The van der Waals surface area contributed by atoms with Gasteiger partial charge in [-0.25, -0.2) is 0 Å². The molecule has 0 radical (unpaired) electrons. The second kappa shape index (κ2) is 4.24. The molecule has 0 aliphatic heterocycles. The zero-order valence-electron chi connectivity index (χ0n) is 9.07. The fourth-order valence-electron chi connectivity index (χ4n) is 0.771. The van der Waals surface area contributed by atoms with E-state index in [1.54, 1.807) is 0 Å². The zero-order chi connectivity index (χ0) is 9.83. The molecule has 0 aromatic rings. The predicted octanol–water partition coefficient (Wildman–Crippen LogP) is 1.78. The highest BCUT2D eigenvalue weighted by Gasteiger charge is 2.22. The first-order valence-electron chi connectivity index (χ1n) is 4.69. The van der Waals surface area contributed by atoms with E-state index >= 15 is 0 Å². The third-order valence-electron chi connectivity index (χ3n) is 2.28. The molecule has 0 aliphatic rings. The van der Waals surface area contributed by atoms with E-state index in [-0.39, 0.29) is 17.6 Å². The molecule has 0 aromatic heterocycles. The Balaban J connectivity index is 3.89. The summed E-state index contributed by atoms with van der Waals surface area (Å²) in [6, 6.07) is 0. The summed E-state index contributed by atoms with van der Waals surface area (Å²) in [7, 11) is 0. The summed E-state index contributed by atoms with van der Waals surface area (Å²) in [5.41, 5.74) is 0.179. The van der Waals surface area contributed by atoms with Crippen LogP contribution in [0.15, 0.2) is 0 Å². The van der Waals surface area contributed by atoms with Gasteiger partial charge in [0.25, 0.3) is 0 Å². The van der Waals surface area contributed by atoms with Crippen molar-refractivity contribution in [2.24, 2.45) is 5.41 Å². The molecule has 0 bridgehead atoms. The number of hydrogen-bond acceptors (Lipinski definition) is 2. The molecule has 12 heavy (non-hydrogen) atoms. The number of rotatable bonds is 4. The Morgan fingerprint density at radius 3 is 1.92 bits per heavy atom. The van der Waals surface area contributed by atoms with Crippen LogP contribution in [0, 0.1) is 5.41 Å². The average molecular weight is 173 g/mol. The standard InChI is InChI=1S/C10H23NO/c1-6-10(5,8-12)7-11-9(2,3)4/h11-12H,6-8H2,1-5H3. The maximum atomic E-state index is 9.14. The van der Waals surface area contributed by atoms with E-state index in [1.807, 2.05) is 0 Å². The SMILES string of the molecule is CCC(C)(CO)CNC(C)(C)C. The fraction of sp³-hybridized carbons (Fsp3) is 1.00. The summed E-state index contributed by atoms with van der Waals surface area (Å²) >= 11 is 0. The highest BCUT2D eigenvalue weighted by Crippen LogP contribution is 2.19. The molecule has 0 amide bonds. The molecular weight excluding hydrogens is 150 g/mol. The lowest BCUT2D eigenvalue weighted by Gasteiger charge is -2.31. The van der Waals surface area contributed by atoms with Gasteiger partial charge >= 0.3 is 0 Å². The van der Waals surface area contributed by atoms with Gasteiger partial charge in [0.1, 0.15) is 0 Å². The first-order chi connectivity index (χ1) is 5.33. The maximum Gasteiger partial charge on any atom is 0.0496 e. The second-order valence-electron chi connectivity index (χ2n) is 4.93. The van der Waals surface area contributed by atoms with Crippen molar-refractivity contribution in [3.63, 3.8) is 0 Å². The van der Waals surface area contributed by atoms with Crippen molar-refractivity contribution in [2.45, 2.75) is 46.6 Å². The lowest BCUT2D eigenvalue weighted by atomic mass is 9.88. The van der Waals surface area contributed by atoms with E-state index in [4.69, 9.17) is 5.11 Å². The molecule has 0 aromatic carbocycles. The highest BCUT2D eigenvalue weighted by molar-refractivity contribution is 4.79. The molecule has 0 saturated heterocycles. The highest BCUT2D eigenvalue weighted by atomic mass is 16.3. The van der Waals surface area contributed by atoms with E-state index in [0.29, 0.717) is 0 Å². The fourth-order valence-corrected chi connectivity index (χ4v) is 0.771. The van der Waals surface area contributed by atoms with Crippen molar-refractivity contribution in [3.05, 3.63) is 0 Å². The van der Waals surface area contributed by atoms with Crippen LogP contribution in [0.25, 0.3) is 0 Å². The van der Waals surface area contributed by atoms with Crippen molar-refractivity contribution in [1.29, 1.82) is 0 Å². The molecule has 0 aliphatic carbocycles. The first kappa shape index (κ1) is 11.9. The quantitative estimate of drug-likeness (QED) is 0.679. The molecule has 0 spiro atoms. The van der Waals surface area contributed by atoms with Gasteiger partial charge in [0.05, 0.1) is 0 Å². The molecule has 1 unspecified atom stereocenters. The second-order valence-corrected chi connectivity index (χ2v) is 4.93. The first-order valence-corrected chi connectivity index (χ1v) is 4.69. The van der Waals surface area contributed by atoms with Crippen molar-refractivity contribution in [1.82, 2.24) is 5.32 Å². The molecule has 0 saturated carbocycles. The van der Waals surface area contributed by atoms with Gasteiger partial charge in [-0.1, -0.05) is 13.8 Å². The third-order valence-corrected chi connectivity index (χ3v) is 2.28. The molecular formula is C10H23NO. The van der Waals surface area contributed by atoms with E-state index in [9.17, 15) is 0 Å². The molecule has 0 rings (SSSR count). The lowest BCUT2D eigenvalue weighted by molar-refractivity contribution is 0.127. The molecule has 1 atom stereocenters. The summed E-state index contributed by atoms with van der Waals surface area (Å²) in [5, 5.41) is 12.5. The van der Waals surface area contributed by atoms with Crippen LogP contribution in [0.2, 0.25) is 0 Å². The summed E-state index contributed by atoms with van der Waals surface area (Å²) < 4.78 is 0. The maximum absolute atomic E-state index is 9.14. The largest absolute Gasteiger partial charge is 0.396 e. The van der Waals surface area contributed by atoms with Crippen LogP contribution < -0.4 is 5.32 Å². The number of aliphatic hydroxyl groups excluding tert-OH is 1. The van der Waals surface area contributed by atoms with Crippen LogP contribution in [0.3, 0.4) is 0 Å².